The van der Waals surface area contributed by atoms with Crippen molar-refractivity contribution in [2.75, 3.05) is 13.1 Å². The molecule has 1 aliphatic rings. The number of nitrogens with zero attached hydrogens (tertiary/aromatic N) is 4. The van der Waals surface area contributed by atoms with Gasteiger partial charge >= 0.3 is 0 Å². The molecule has 23 heavy (non-hydrogen) atoms. The third kappa shape index (κ3) is 3.07. The molecule has 1 fully saturated rings. The lowest BCUT2D eigenvalue weighted by atomic mass is 10.1. The Hall–Kier alpha value is -2.74. The number of nitrogens with two attached hydrogens (primary N) is 1. The highest BCUT2D eigenvalue weighted by Gasteiger charge is 2.24. The minimum absolute atomic E-state index is 0.0569. The molecule has 1 aromatic carbocycles. The molecular formula is C15H17N5O3. The molecule has 1 aromatic heterocycles. The van der Waals surface area contributed by atoms with Gasteiger partial charge in [-0.2, -0.15) is 5.10 Å². The van der Waals surface area contributed by atoms with Crippen LogP contribution in [0.2, 0.25) is 0 Å². The second-order valence-corrected chi connectivity index (χ2v) is 5.52. The maximum atomic E-state index is 12.4. The molecule has 0 unspecified atom stereocenters. The SMILES string of the molecule is NC1CCN(C(=O)c2ccn(-c3ccccc3[N+](=O)[O-])n2)CC1. The first-order valence-electron chi connectivity index (χ1n) is 7.40. The van der Waals surface area contributed by atoms with E-state index in [4.69, 9.17) is 5.73 Å². The highest BCUT2D eigenvalue weighted by molar-refractivity contribution is 5.92. The van der Waals surface area contributed by atoms with Gasteiger partial charge in [0.25, 0.3) is 11.6 Å². The lowest BCUT2D eigenvalue weighted by molar-refractivity contribution is -0.384. The Balaban J connectivity index is 1.84. The summed E-state index contributed by atoms with van der Waals surface area (Å²) in [5, 5.41) is 15.3. The van der Waals surface area contributed by atoms with Crippen LogP contribution >= 0.6 is 0 Å². The van der Waals surface area contributed by atoms with E-state index < -0.39 is 4.92 Å². The van der Waals surface area contributed by atoms with Gasteiger partial charge in [0.1, 0.15) is 5.69 Å². The Kier molecular flexibility index (Phi) is 4.07. The monoisotopic (exact) mass is 315 g/mol. The molecule has 0 spiro atoms. The van der Waals surface area contributed by atoms with Crippen LogP contribution in [0.1, 0.15) is 23.3 Å². The third-order valence-electron chi connectivity index (χ3n) is 3.96. The van der Waals surface area contributed by atoms with Crippen molar-refractivity contribution in [3.8, 4) is 5.69 Å². The molecular weight excluding hydrogens is 298 g/mol. The minimum Gasteiger partial charge on any atom is -0.337 e. The Bertz CT molecular complexity index is 734. The van der Waals surface area contributed by atoms with E-state index in [9.17, 15) is 14.9 Å². The number of likely N-dealkylation sites (tertiary alicyclic amines) is 1. The predicted octanol–water partition coefficient (Wildman–Crippen LogP) is 1.34. The number of amides is 1. The maximum Gasteiger partial charge on any atom is 0.294 e. The van der Waals surface area contributed by atoms with Gasteiger partial charge < -0.3 is 10.6 Å². The first-order chi connectivity index (χ1) is 11.1. The Morgan fingerprint density at radius 2 is 1.96 bits per heavy atom. The van der Waals surface area contributed by atoms with Gasteiger partial charge in [-0.25, -0.2) is 4.68 Å². The molecule has 0 atom stereocenters. The van der Waals surface area contributed by atoms with Crippen molar-refractivity contribution >= 4 is 11.6 Å². The van der Waals surface area contributed by atoms with Crippen molar-refractivity contribution in [3.63, 3.8) is 0 Å². The summed E-state index contributed by atoms with van der Waals surface area (Å²) >= 11 is 0. The number of nitro benzene ring substituents is 1. The second-order valence-electron chi connectivity index (χ2n) is 5.52. The normalized spacial score (nSPS) is 15.6. The summed E-state index contributed by atoms with van der Waals surface area (Å²) in [6.07, 6.45) is 3.11. The van der Waals surface area contributed by atoms with Crippen molar-refractivity contribution in [3.05, 3.63) is 52.3 Å². The summed E-state index contributed by atoms with van der Waals surface area (Å²) in [6, 6.07) is 8.01. The molecule has 8 heteroatoms. The maximum absolute atomic E-state index is 12.4. The zero-order valence-electron chi connectivity index (χ0n) is 12.5. The van der Waals surface area contributed by atoms with Crippen molar-refractivity contribution in [1.82, 2.24) is 14.7 Å². The predicted molar refractivity (Wildman–Crippen MR) is 83.3 cm³/mol. The first kappa shape index (κ1) is 15.2. The van der Waals surface area contributed by atoms with E-state index >= 15 is 0 Å². The molecule has 2 N–H and O–H groups in total. The fourth-order valence-corrected chi connectivity index (χ4v) is 2.65. The van der Waals surface area contributed by atoms with Crippen molar-refractivity contribution in [2.45, 2.75) is 18.9 Å². The Labute approximate surface area is 132 Å². The summed E-state index contributed by atoms with van der Waals surface area (Å²) in [5.41, 5.74) is 6.39. The molecule has 2 aromatic rings. The van der Waals surface area contributed by atoms with E-state index in [1.54, 1.807) is 35.4 Å². The number of carbonyl (C=O) groups excluding carboxylic acids is 1. The lowest BCUT2D eigenvalue weighted by Crippen LogP contribution is -2.43. The summed E-state index contributed by atoms with van der Waals surface area (Å²) in [5.74, 6) is -0.172. The van der Waals surface area contributed by atoms with Gasteiger partial charge in [-0.15, -0.1) is 0 Å². The van der Waals surface area contributed by atoms with Gasteiger partial charge in [-0.05, 0) is 25.0 Å². The Morgan fingerprint density at radius 1 is 1.26 bits per heavy atom. The summed E-state index contributed by atoms with van der Waals surface area (Å²) < 4.78 is 1.36. The van der Waals surface area contributed by atoms with Crippen LogP contribution in [0.5, 0.6) is 0 Å². The fraction of sp³-hybridized carbons (Fsp3) is 0.333. The van der Waals surface area contributed by atoms with Gasteiger partial charge in [-0.3, -0.25) is 14.9 Å². The zero-order valence-corrected chi connectivity index (χ0v) is 12.5. The molecule has 120 valence electrons. The third-order valence-corrected chi connectivity index (χ3v) is 3.96. The smallest absolute Gasteiger partial charge is 0.294 e. The molecule has 0 aliphatic carbocycles. The molecule has 2 heterocycles. The van der Waals surface area contributed by atoms with Crippen molar-refractivity contribution < 1.29 is 9.72 Å². The van der Waals surface area contributed by atoms with E-state index in [2.05, 4.69) is 5.10 Å². The van der Waals surface area contributed by atoms with Gasteiger partial charge in [0, 0.05) is 31.4 Å². The molecule has 0 bridgehead atoms. The topological polar surface area (TPSA) is 107 Å². The molecule has 1 aliphatic heterocycles. The number of para-hydroxylation sites is 2. The summed E-state index contributed by atoms with van der Waals surface area (Å²) in [7, 11) is 0. The number of aromatic nitrogens is 2. The number of rotatable bonds is 3. The first-order valence-corrected chi connectivity index (χ1v) is 7.40. The minimum atomic E-state index is -0.468. The zero-order chi connectivity index (χ0) is 16.4. The summed E-state index contributed by atoms with van der Waals surface area (Å²) in [4.78, 5) is 24.8. The molecule has 1 amide bonds. The standard InChI is InChI=1S/C15H17N5O3/c16-11-5-8-18(9-6-11)15(21)12-7-10-19(17-12)13-3-1-2-4-14(13)20(22)23/h1-4,7,10-11H,5-6,8-9,16H2. The van der Waals surface area contributed by atoms with Crippen LogP contribution in [-0.2, 0) is 0 Å². The van der Waals surface area contributed by atoms with Gasteiger partial charge in [0.2, 0.25) is 0 Å². The van der Waals surface area contributed by atoms with Crippen molar-refractivity contribution in [1.29, 1.82) is 0 Å². The molecule has 0 saturated carbocycles. The highest BCUT2D eigenvalue weighted by Crippen LogP contribution is 2.22. The van der Waals surface area contributed by atoms with E-state index in [0.717, 1.165) is 12.8 Å². The van der Waals surface area contributed by atoms with Crippen LogP contribution in [-0.4, -0.2) is 44.6 Å². The molecule has 8 nitrogen and oxygen atoms in total. The quantitative estimate of drug-likeness (QED) is 0.679. The van der Waals surface area contributed by atoms with Crippen LogP contribution in [0.3, 0.4) is 0 Å². The van der Waals surface area contributed by atoms with Crippen LogP contribution in [0.15, 0.2) is 36.5 Å². The summed E-state index contributed by atoms with van der Waals surface area (Å²) in [6.45, 7) is 1.22. The average Bonchev–Trinajstić information content (AvgIpc) is 3.04. The van der Waals surface area contributed by atoms with Crippen molar-refractivity contribution in [2.24, 2.45) is 5.73 Å². The van der Waals surface area contributed by atoms with E-state index in [1.807, 2.05) is 0 Å². The number of carbonyl (C=O) groups is 1. The van der Waals surface area contributed by atoms with Crippen LogP contribution < -0.4 is 5.73 Å². The van der Waals surface area contributed by atoms with Gasteiger partial charge in [0.15, 0.2) is 5.69 Å². The number of benzene rings is 1. The highest BCUT2D eigenvalue weighted by atomic mass is 16.6. The van der Waals surface area contributed by atoms with E-state index in [-0.39, 0.29) is 23.3 Å². The largest absolute Gasteiger partial charge is 0.337 e. The van der Waals surface area contributed by atoms with Gasteiger partial charge in [0.05, 0.1) is 4.92 Å². The number of hydrogen-bond donors (Lipinski definition) is 1. The number of piperidine rings is 1. The van der Waals surface area contributed by atoms with E-state index in [1.165, 1.54) is 10.7 Å². The van der Waals surface area contributed by atoms with E-state index in [0.29, 0.717) is 18.8 Å². The number of nitro groups is 1. The van der Waals surface area contributed by atoms with Crippen LogP contribution in [0, 0.1) is 10.1 Å². The molecule has 1 saturated heterocycles. The fourth-order valence-electron chi connectivity index (χ4n) is 2.65. The average molecular weight is 315 g/mol. The Morgan fingerprint density at radius 3 is 2.65 bits per heavy atom. The van der Waals surface area contributed by atoms with Gasteiger partial charge in [-0.1, -0.05) is 12.1 Å². The molecule has 3 rings (SSSR count). The van der Waals surface area contributed by atoms with Crippen LogP contribution in [0.25, 0.3) is 5.69 Å². The number of hydrogen-bond acceptors (Lipinski definition) is 5. The lowest BCUT2D eigenvalue weighted by Gasteiger charge is -2.29. The second kappa shape index (κ2) is 6.17. The molecule has 0 radical (unpaired) electrons. The van der Waals surface area contributed by atoms with Crippen LogP contribution in [0.4, 0.5) is 5.69 Å².